The summed E-state index contributed by atoms with van der Waals surface area (Å²) >= 11 is 0. The maximum atomic E-state index is 11.7. The summed E-state index contributed by atoms with van der Waals surface area (Å²) in [6.45, 7) is 7.17. The third-order valence-electron chi connectivity index (χ3n) is 3.39. The van der Waals surface area contributed by atoms with Gasteiger partial charge >= 0.3 is 6.09 Å². The smallest absolute Gasteiger partial charge is 0.410 e. The Hall–Kier alpha value is -1.17. The van der Waals surface area contributed by atoms with E-state index in [0.717, 1.165) is 25.9 Å². The lowest BCUT2D eigenvalue weighted by Gasteiger charge is -2.42. The molecule has 1 saturated heterocycles. The molecule has 1 saturated carbocycles. The van der Waals surface area contributed by atoms with E-state index < -0.39 is 5.60 Å². The number of nitrogens with zero attached hydrogens (tertiary/aromatic N) is 1. The van der Waals surface area contributed by atoms with Gasteiger partial charge in [-0.3, -0.25) is 0 Å². The molecular weight excluding hydrogens is 202 g/mol. The highest BCUT2D eigenvalue weighted by molar-refractivity contribution is 5.69. The molecule has 3 nitrogen and oxygen atoms in total. The van der Waals surface area contributed by atoms with Crippen molar-refractivity contribution in [3.63, 3.8) is 0 Å². The maximum absolute atomic E-state index is 11.7. The lowest BCUT2D eigenvalue weighted by atomic mass is 9.84. The fourth-order valence-corrected chi connectivity index (χ4v) is 2.11. The van der Waals surface area contributed by atoms with Crippen molar-refractivity contribution in [2.75, 3.05) is 13.1 Å². The summed E-state index contributed by atoms with van der Waals surface area (Å²) < 4.78 is 5.29. The van der Waals surface area contributed by atoms with Gasteiger partial charge in [0.25, 0.3) is 0 Å². The molecule has 1 heterocycles. The Morgan fingerprint density at radius 2 is 2.00 bits per heavy atom. The van der Waals surface area contributed by atoms with E-state index in [1.807, 2.05) is 20.8 Å². The minimum Gasteiger partial charge on any atom is -0.444 e. The van der Waals surface area contributed by atoms with Crippen molar-refractivity contribution >= 4 is 6.09 Å². The van der Waals surface area contributed by atoms with Crippen LogP contribution in [0.2, 0.25) is 0 Å². The van der Waals surface area contributed by atoms with Crippen molar-refractivity contribution in [3.8, 4) is 12.3 Å². The van der Waals surface area contributed by atoms with Crippen molar-refractivity contribution in [1.29, 1.82) is 0 Å². The second-order valence-corrected chi connectivity index (χ2v) is 5.88. The standard InChI is InChI=1S/C13H19NO2/c1-5-13(6-7-13)10-8-14(9-10)11(15)16-12(2,3)4/h1,10H,6-9H2,2-4H3. The molecule has 2 fully saturated rings. The summed E-state index contributed by atoms with van der Waals surface area (Å²) in [5.74, 6) is 3.37. The maximum Gasteiger partial charge on any atom is 0.410 e. The van der Waals surface area contributed by atoms with E-state index in [2.05, 4.69) is 5.92 Å². The van der Waals surface area contributed by atoms with Crippen LogP contribution in [0.25, 0.3) is 0 Å². The number of carbonyl (C=O) groups is 1. The number of likely N-dealkylation sites (tertiary alicyclic amines) is 1. The van der Waals surface area contributed by atoms with Gasteiger partial charge in [-0.1, -0.05) is 5.92 Å². The monoisotopic (exact) mass is 221 g/mol. The number of rotatable bonds is 1. The number of terminal acetylenes is 1. The summed E-state index contributed by atoms with van der Waals surface area (Å²) in [5.41, 5.74) is -0.302. The van der Waals surface area contributed by atoms with Crippen molar-refractivity contribution in [3.05, 3.63) is 0 Å². The van der Waals surface area contributed by atoms with Crippen LogP contribution in [-0.4, -0.2) is 29.7 Å². The highest BCUT2D eigenvalue weighted by atomic mass is 16.6. The number of amides is 1. The summed E-state index contributed by atoms with van der Waals surface area (Å²) in [5, 5.41) is 0. The molecule has 0 spiro atoms. The first kappa shape index (κ1) is 11.3. The summed E-state index contributed by atoms with van der Waals surface area (Å²) in [7, 11) is 0. The van der Waals surface area contributed by atoms with Gasteiger partial charge in [-0.05, 0) is 33.6 Å². The third-order valence-corrected chi connectivity index (χ3v) is 3.39. The van der Waals surface area contributed by atoms with Crippen LogP contribution in [0.1, 0.15) is 33.6 Å². The molecule has 0 radical (unpaired) electrons. The molecule has 88 valence electrons. The zero-order valence-corrected chi connectivity index (χ0v) is 10.2. The van der Waals surface area contributed by atoms with Crippen LogP contribution in [0.4, 0.5) is 4.79 Å². The lowest BCUT2D eigenvalue weighted by Crippen LogP contribution is -2.54. The number of hydrogen-bond donors (Lipinski definition) is 0. The molecular formula is C13H19NO2. The molecule has 16 heavy (non-hydrogen) atoms. The SMILES string of the molecule is C#CC1(C2CN(C(=O)OC(C)(C)C)C2)CC1. The molecule has 0 N–H and O–H groups in total. The fourth-order valence-electron chi connectivity index (χ4n) is 2.11. The highest BCUT2D eigenvalue weighted by Crippen LogP contribution is 2.54. The Bertz CT molecular complexity index is 338. The average Bonchev–Trinajstić information content (AvgIpc) is 2.79. The summed E-state index contributed by atoms with van der Waals surface area (Å²) in [4.78, 5) is 13.4. The van der Waals surface area contributed by atoms with E-state index in [-0.39, 0.29) is 11.5 Å². The van der Waals surface area contributed by atoms with E-state index in [1.54, 1.807) is 4.90 Å². The van der Waals surface area contributed by atoms with Gasteiger partial charge in [-0.15, -0.1) is 6.42 Å². The number of ether oxygens (including phenoxy) is 1. The van der Waals surface area contributed by atoms with Crippen molar-refractivity contribution in [1.82, 2.24) is 4.90 Å². The molecule has 0 aromatic rings. The second-order valence-electron chi connectivity index (χ2n) is 5.88. The van der Waals surface area contributed by atoms with Gasteiger partial charge in [-0.25, -0.2) is 4.79 Å². The molecule has 2 rings (SSSR count). The van der Waals surface area contributed by atoms with E-state index >= 15 is 0 Å². The molecule has 3 heteroatoms. The minimum absolute atomic E-state index is 0.110. The summed E-state index contributed by atoms with van der Waals surface area (Å²) in [6.07, 6.45) is 7.55. The van der Waals surface area contributed by atoms with Crippen LogP contribution in [-0.2, 0) is 4.74 Å². The molecule has 0 aromatic heterocycles. The largest absolute Gasteiger partial charge is 0.444 e. The topological polar surface area (TPSA) is 29.5 Å². The van der Waals surface area contributed by atoms with E-state index in [1.165, 1.54) is 0 Å². The predicted molar refractivity (Wildman–Crippen MR) is 61.8 cm³/mol. The second kappa shape index (κ2) is 3.41. The molecule has 1 aliphatic carbocycles. The lowest BCUT2D eigenvalue weighted by molar-refractivity contribution is -0.00870. The number of hydrogen-bond acceptors (Lipinski definition) is 2. The molecule has 0 atom stereocenters. The third kappa shape index (κ3) is 2.02. The predicted octanol–water partition coefficient (Wildman–Crippen LogP) is 2.27. The van der Waals surface area contributed by atoms with Crippen molar-refractivity contribution in [2.24, 2.45) is 11.3 Å². The van der Waals surface area contributed by atoms with Crippen LogP contribution >= 0.6 is 0 Å². The van der Waals surface area contributed by atoms with Gasteiger partial charge in [0.05, 0.1) is 0 Å². The molecule has 1 aliphatic heterocycles. The number of carbonyl (C=O) groups excluding carboxylic acids is 1. The van der Waals surface area contributed by atoms with Gasteiger partial charge in [-0.2, -0.15) is 0 Å². The van der Waals surface area contributed by atoms with Crippen LogP contribution in [0.3, 0.4) is 0 Å². The van der Waals surface area contributed by atoms with Crippen LogP contribution in [0.5, 0.6) is 0 Å². The van der Waals surface area contributed by atoms with E-state index in [4.69, 9.17) is 11.2 Å². The Labute approximate surface area is 97.1 Å². The molecule has 1 amide bonds. The quantitative estimate of drug-likeness (QED) is 0.636. The van der Waals surface area contributed by atoms with Gasteiger partial charge in [0.1, 0.15) is 5.60 Å². The molecule has 0 aromatic carbocycles. The van der Waals surface area contributed by atoms with E-state index in [9.17, 15) is 4.79 Å². The first-order valence-corrected chi connectivity index (χ1v) is 5.82. The minimum atomic E-state index is -0.411. The Kier molecular flexibility index (Phi) is 2.41. The van der Waals surface area contributed by atoms with Gasteiger partial charge in [0.2, 0.25) is 0 Å². The first-order valence-electron chi connectivity index (χ1n) is 5.82. The molecule has 0 unspecified atom stereocenters. The van der Waals surface area contributed by atoms with Crippen LogP contribution in [0.15, 0.2) is 0 Å². The first-order chi connectivity index (χ1) is 7.36. The van der Waals surface area contributed by atoms with Crippen molar-refractivity contribution in [2.45, 2.75) is 39.2 Å². The van der Waals surface area contributed by atoms with Crippen LogP contribution < -0.4 is 0 Å². The van der Waals surface area contributed by atoms with Crippen LogP contribution in [0, 0.1) is 23.7 Å². The molecule has 0 bridgehead atoms. The van der Waals surface area contributed by atoms with Gasteiger partial charge < -0.3 is 9.64 Å². The zero-order valence-electron chi connectivity index (χ0n) is 10.2. The van der Waals surface area contributed by atoms with Crippen molar-refractivity contribution < 1.29 is 9.53 Å². The normalized spacial score (nSPS) is 23.2. The zero-order chi connectivity index (χ0) is 12.0. The van der Waals surface area contributed by atoms with E-state index in [0.29, 0.717) is 5.92 Å². The van der Waals surface area contributed by atoms with Gasteiger partial charge in [0.15, 0.2) is 0 Å². The Balaban J connectivity index is 1.81. The summed E-state index contributed by atoms with van der Waals surface area (Å²) in [6, 6.07) is 0. The fraction of sp³-hybridized carbons (Fsp3) is 0.769. The average molecular weight is 221 g/mol. The highest BCUT2D eigenvalue weighted by Gasteiger charge is 2.53. The Morgan fingerprint density at radius 1 is 1.44 bits per heavy atom. The molecule has 2 aliphatic rings. The van der Waals surface area contributed by atoms with Gasteiger partial charge in [0, 0.05) is 24.4 Å². The Morgan fingerprint density at radius 3 is 2.38 bits per heavy atom.